The average molecular weight is 646 g/mol. The zero-order valence-electron chi connectivity index (χ0n) is 29.8. The Bertz CT molecular complexity index is 2430. The van der Waals surface area contributed by atoms with E-state index in [0.717, 1.165) is 64.3 Å². The highest BCUT2D eigenvalue weighted by molar-refractivity contribution is 6.12. The highest BCUT2D eigenvalue weighted by Gasteiger charge is 2.55. The molecule has 4 heterocycles. The lowest BCUT2D eigenvalue weighted by atomic mass is 9.75. The number of pyridine rings is 1. The van der Waals surface area contributed by atoms with Crippen LogP contribution in [0.5, 0.6) is 11.5 Å². The Labute approximate surface area is 288 Å². The van der Waals surface area contributed by atoms with Crippen molar-refractivity contribution in [2.24, 2.45) is 4.99 Å². The van der Waals surface area contributed by atoms with E-state index in [-0.39, 0.29) is 11.0 Å². The first-order valence-electron chi connectivity index (χ1n) is 17.6. The first-order valence-corrected chi connectivity index (χ1v) is 17.6. The van der Waals surface area contributed by atoms with Crippen molar-refractivity contribution < 1.29 is 9.47 Å². The molecular weight excluding hydrogens is 603 g/mol. The fourth-order valence-electron chi connectivity index (χ4n) is 8.97. The van der Waals surface area contributed by atoms with Gasteiger partial charge in [-0.05, 0) is 113 Å². The van der Waals surface area contributed by atoms with E-state index >= 15 is 0 Å². The van der Waals surface area contributed by atoms with Crippen molar-refractivity contribution in [1.82, 2.24) is 9.55 Å². The van der Waals surface area contributed by atoms with Gasteiger partial charge in [0.2, 0.25) is 5.90 Å². The number of hydrogen-bond acceptors (Lipinski definition) is 4. The molecule has 2 aromatic heterocycles. The van der Waals surface area contributed by atoms with Crippen LogP contribution in [-0.4, -0.2) is 21.0 Å². The number of aryl methyl sites for hydroxylation is 5. The van der Waals surface area contributed by atoms with Crippen LogP contribution in [0.3, 0.4) is 0 Å². The zero-order valence-corrected chi connectivity index (χ0v) is 29.8. The molecule has 246 valence electrons. The summed E-state index contributed by atoms with van der Waals surface area (Å²) in [5.41, 5.74) is 12.0. The van der Waals surface area contributed by atoms with Crippen molar-refractivity contribution in [2.75, 3.05) is 0 Å². The van der Waals surface area contributed by atoms with Gasteiger partial charge in [0.25, 0.3) is 0 Å². The summed E-state index contributed by atoms with van der Waals surface area (Å²) in [6.07, 6.45) is 5.01. The molecule has 4 aromatic carbocycles. The minimum atomic E-state index is -0.538. The summed E-state index contributed by atoms with van der Waals surface area (Å²) < 4.78 is 16.2. The van der Waals surface area contributed by atoms with E-state index in [9.17, 15) is 0 Å². The first kappa shape index (κ1) is 30.2. The maximum Gasteiger partial charge on any atom is 0.218 e. The van der Waals surface area contributed by atoms with Crippen molar-refractivity contribution in [3.8, 4) is 17.3 Å². The van der Waals surface area contributed by atoms with Gasteiger partial charge in [-0.25, -0.2) is 9.98 Å². The van der Waals surface area contributed by atoms with Gasteiger partial charge >= 0.3 is 0 Å². The highest BCUT2D eigenvalue weighted by atomic mass is 16.5. The van der Waals surface area contributed by atoms with E-state index in [2.05, 4.69) is 133 Å². The molecule has 0 saturated carbocycles. The topological polar surface area (TPSA) is 48.6 Å². The van der Waals surface area contributed by atoms with Gasteiger partial charge in [-0.2, -0.15) is 0 Å². The van der Waals surface area contributed by atoms with Gasteiger partial charge in [-0.15, -0.1) is 0 Å². The van der Waals surface area contributed by atoms with Crippen molar-refractivity contribution in [3.63, 3.8) is 0 Å². The second-order valence-electron chi connectivity index (χ2n) is 15.5. The van der Waals surface area contributed by atoms with Gasteiger partial charge in [0.05, 0.1) is 11.0 Å². The van der Waals surface area contributed by atoms with E-state index in [1.54, 1.807) is 0 Å². The smallest absolute Gasteiger partial charge is 0.218 e. The van der Waals surface area contributed by atoms with Crippen molar-refractivity contribution in [3.05, 3.63) is 129 Å². The fraction of sp³-hybridized carbons (Fsp3) is 0.318. The number of rotatable bonds is 3. The lowest BCUT2D eigenvalue weighted by Crippen LogP contribution is -2.43. The quantitative estimate of drug-likeness (QED) is 0.192. The summed E-state index contributed by atoms with van der Waals surface area (Å²) in [5.74, 6) is 3.33. The molecule has 0 unspecified atom stereocenters. The largest absolute Gasteiger partial charge is 0.464 e. The van der Waals surface area contributed by atoms with Crippen LogP contribution in [0.15, 0.2) is 84.0 Å². The maximum absolute atomic E-state index is 6.98. The van der Waals surface area contributed by atoms with E-state index in [4.69, 9.17) is 19.5 Å². The highest BCUT2D eigenvalue weighted by Crippen LogP contribution is 2.52. The number of aliphatic imine (C=N–C) groups is 1. The third-order valence-corrected chi connectivity index (χ3v) is 11.9. The monoisotopic (exact) mass is 645 g/mol. The molecule has 1 aliphatic carbocycles. The predicted molar refractivity (Wildman–Crippen MR) is 199 cm³/mol. The molecule has 5 heteroatoms. The van der Waals surface area contributed by atoms with Crippen LogP contribution < -0.4 is 4.74 Å². The molecule has 0 fully saturated rings. The number of aromatic nitrogens is 2. The van der Waals surface area contributed by atoms with Gasteiger partial charge in [0, 0.05) is 45.1 Å². The van der Waals surface area contributed by atoms with Gasteiger partial charge in [-0.3, -0.25) is 4.57 Å². The van der Waals surface area contributed by atoms with Gasteiger partial charge in [0.15, 0.2) is 5.60 Å². The van der Waals surface area contributed by atoms with Gasteiger partial charge in [0.1, 0.15) is 22.9 Å². The lowest BCUT2D eigenvalue weighted by molar-refractivity contribution is 0.0284. The Morgan fingerprint density at radius 1 is 0.755 bits per heavy atom. The third-order valence-electron chi connectivity index (χ3n) is 11.9. The van der Waals surface area contributed by atoms with Crippen LogP contribution in [0.1, 0.15) is 90.6 Å². The molecule has 0 amide bonds. The number of benzene rings is 4. The second-order valence-corrected chi connectivity index (χ2v) is 15.5. The lowest BCUT2D eigenvalue weighted by Gasteiger charge is -2.37. The van der Waals surface area contributed by atoms with Crippen LogP contribution >= 0.6 is 0 Å². The Hall–Kier alpha value is -4.90. The van der Waals surface area contributed by atoms with E-state index < -0.39 is 5.60 Å². The molecule has 0 bridgehead atoms. The summed E-state index contributed by atoms with van der Waals surface area (Å²) >= 11 is 0. The predicted octanol–water partition coefficient (Wildman–Crippen LogP) is 10.6. The Balaban J connectivity index is 1.17. The Morgan fingerprint density at radius 3 is 2.35 bits per heavy atom. The molecule has 2 aliphatic heterocycles. The molecule has 49 heavy (non-hydrogen) atoms. The number of fused-ring (bicyclic) bond motifs is 8. The summed E-state index contributed by atoms with van der Waals surface area (Å²) in [6, 6.07) is 26.5. The van der Waals surface area contributed by atoms with Gasteiger partial charge in [-0.1, -0.05) is 61.9 Å². The number of ether oxygens (including phenoxy) is 2. The standard InChI is InChI=1S/C44H43N3O2/c1-25-19-32-31-22-28(4)38(24-36(31)47-39(32)35(20-25)42(5,6)34-16-12-18-45-40(34)47)48-37-23-30(26(2)21-27(37)3)41-46-43(7)17-11-14-29-13-9-10-15-33(29)44(43,8)49-41/h9-10,12-13,15-16,18-24H,11,14,17H2,1-8H3/t43-,44+/m1/s1. The van der Waals surface area contributed by atoms with Crippen molar-refractivity contribution in [2.45, 2.75) is 91.2 Å². The molecule has 0 saturated heterocycles. The SMILES string of the molecule is Cc1cc2c3c(c1)c1cc(C)c(Oc4cc(C5=N[C@]6(C)CCCc7ccccc7[C@]6(C)O5)c(C)cc4C)cc1n3-c1ncccc1C2(C)C. The molecule has 3 aliphatic rings. The zero-order chi connectivity index (χ0) is 34.0. The maximum atomic E-state index is 6.98. The summed E-state index contributed by atoms with van der Waals surface area (Å²) in [4.78, 5) is 10.3. The molecule has 2 atom stereocenters. The molecular formula is C44H43N3O2. The van der Waals surface area contributed by atoms with Crippen LogP contribution in [-0.2, 0) is 22.2 Å². The van der Waals surface area contributed by atoms with Crippen LogP contribution in [0.4, 0.5) is 0 Å². The first-order chi connectivity index (χ1) is 23.4. The van der Waals surface area contributed by atoms with Crippen LogP contribution in [0, 0.1) is 27.7 Å². The van der Waals surface area contributed by atoms with Crippen molar-refractivity contribution >= 4 is 27.7 Å². The van der Waals surface area contributed by atoms with Crippen LogP contribution in [0.25, 0.3) is 27.6 Å². The van der Waals surface area contributed by atoms with E-state index in [1.165, 1.54) is 44.1 Å². The molecule has 0 radical (unpaired) electrons. The molecule has 0 N–H and O–H groups in total. The van der Waals surface area contributed by atoms with Crippen LogP contribution in [0.2, 0.25) is 0 Å². The minimum absolute atomic E-state index is 0.167. The summed E-state index contributed by atoms with van der Waals surface area (Å²) in [6.45, 7) is 17.7. The van der Waals surface area contributed by atoms with E-state index in [1.807, 2.05) is 6.20 Å². The number of nitrogens with zero attached hydrogens (tertiary/aromatic N) is 3. The van der Waals surface area contributed by atoms with E-state index in [0.29, 0.717) is 5.90 Å². The average Bonchev–Trinajstić information content (AvgIpc) is 3.48. The van der Waals surface area contributed by atoms with Gasteiger partial charge < -0.3 is 9.47 Å². The normalized spacial score (nSPS) is 21.8. The number of hydrogen-bond donors (Lipinski definition) is 0. The molecule has 5 nitrogen and oxygen atoms in total. The fourth-order valence-corrected chi connectivity index (χ4v) is 8.97. The Morgan fingerprint density at radius 2 is 1.51 bits per heavy atom. The molecule has 9 rings (SSSR count). The summed E-state index contributed by atoms with van der Waals surface area (Å²) in [7, 11) is 0. The van der Waals surface area contributed by atoms with Crippen molar-refractivity contribution in [1.29, 1.82) is 0 Å². The minimum Gasteiger partial charge on any atom is -0.464 e. The molecule has 0 spiro atoms. The Kier molecular flexibility index (Phi) is 6.20. The molecule has 6 aromatic rings. The third kappa shape index (κ3) is 4.11. The second kappa shape index (κ2) is 10.1. The summed E-state index contributed by atoms with van der Waals surface area (Å²) in [5, 5.41) is 2.48.